The van der Waals surface area contributed by atoms with Gasteiger partial charge >= 0.3 is 6.01 Å². The molecular formula is C33H31F4N5O2. The van der Waals surface area contributed by atoms with Gasteiger partial charge < -0.3 is 14.7 Å². The Hall–Kier alpha value is -4.17. The van der Waals surface area contributed by atoms with Crippen LogP contribution in [0.3, 0.4) is 0 Å². The van der Waals surface area contributed by atoms with Crippen LogP contribution >= 0.6 is 0 Å². The van der Waals surface area contributed by atoms with Crippen molar-refractivity contribution in [2.45, 2.75) is 56.4 Å². The third-order valence-electron chi connectivity index (χ3n) is 9.24. The fourth-order valence-corrected chi connectivity index (χ4v) is 7.20. The zero-order valence-corrected chi connectivity index (χ0v) is 24.0. The van der Waals surface area contributed by atoms with Crippen LogP contribution in [0.5, 0.6) is 11.8 Å². The van der Waals surface area contributed by atoms with Crippen molar-refractivity contribution < 1.29 is 27.4 Å². The van der Waals surface area contributed by atoms with E-state index in [-0.39, 0.29) is 58.0 Å². The first kappa shape index (κ1) is 28.6. The summed E-state index contributed by atoms with van der Waals surface area (Å²) in [5, 5.41) is 11.4. The first-order valence-electron chi connectivity index (χ1n) is 15.0. The lowest BCUT2D eigenvalue weighted by molar-refractivity contribution is 0.107. The zero-order chi connectivity index (χ0) is 30.6. The molecule has 11 heteroatoms. The Morgan fingerprint density at radius 1 is 1.07 bits per heavy atom. The number of benzene rings is 2. The number of pyridine rings is 1. The first-order valence-corrected chi connectivity index (χ1v) is 15.0. The standard InChI is InChI=1S/C33H31F4N5O2/c1-2-23-26(36)8-7-19-12-22(43)13-24(27(19)23)29-28(37)30-25(15-38-29)31(41-10-4-3-6-20(34)16-41)40-32(39-30)44-18-33-9-5-11-42(33)17-21(35)14-33/h1,7-8,12-13,15,20-21,43H,3-6,9-11,14,16-18H2/t20?,21-,33+/m1/s1. The number of rotatable bonds is 5. The maximum absolute atomic E-state index is 16.7. The van der Waals surface area contributed by atoms with Gasteiger partial charge in [0.2, 0.25) is 0 Å². The number of fused-ring (bicyclic) bond motifs is 3. The molecule has 1 unspecified atom stereocenters. The molecular weight excluding hydrogens is 574 g/mol. The number of phenolic OH excluding ortho intramolecular Hbond substituents is 1. The molecule has 3 aliphatic rings. The highest BCUT2D eigenvalue weighted by Gasteiger charge is 2.49. The van der Waals surface area contributed by atoms with Crippen LogP contribution in [-0.4, -0.2) is 75.6 Å². The van der Waals surface area contributed by atoms with Crippen LogP contribution in [0.1, 0.15) is 44.1 Å². The average molecular weight is 606 g/mol. The van der Waals surface area contributed by atoms with Gasteiger partial charge in [0.25, 0.3) is 0 Å². The van der Waals surface area contributed by atoms with Gasteiger partial charge in [-0.25, -0.2) is 17.6 Å². The van der Waals surface area contributed by atoms with Gasteiger partial charge in [-0.1, -0.05) is 12.0 Å². The number of halogens is 4. The first-order chi connectivity index (χ1) is 21.3. The Bertz CT molecular complexity index is 1810. The number of alkyl halides is 2. The van der Waals surface area contributed by atoms with Crippen molar-refractivity contribution in [2.75, 3.05) is 37.7 Å². The highest BCUT2D eigenvalue weighted by atomic mass is 19.1. The molecule has 0 aliphatic carbocycles. The molecule has 7 rings (SSSR count). The number of aromatic nitrogens is 3. The van der Waals surface area contributed by atoms with Crippen molar-refractivity contribution in [2.24, 2.45) is 0 Å². The smallest absolute Gasteiger partial charge is 0.319 e. The maximum atomic E-state index is 16.7. The summed E-state index contributed by atoms with van der Waals surface area (Å²) in [6.07, 6.45) is 8.88. The lowest BCUT2D eigenvalue weighted by Gasteiger charge is -2.31. The fraction of sp³-hybridized carbons (Fsp3) is 0.424. The maximum Gasteiger partial charge on any atom is 0.319 e. The largest absolute Gasteiger partial charge is 0.508 e. The van der Waals surface area contributed by atoms with E-state index in [0.717, 1.165) is 25.8 Å². The number of nitrogens with zero attached hydrogens (tertiary/aromatic N) is 5. The summed E-state index contributed by atoms with van der Waals surface area (Å²) in [6, 6.07) is 5.22. The van der Waals surface area contributed by atoms with Crippen molar-refractivity contribution in [1.82, 2.24) is 19.9 Å². The molecule has 5 heterocycles. The molecule has 228 valence electrons. The lowest BCUT2D eigenvalue weighted by atomic mass is 9.95. The summed E-state index contributed by atoms with van der Waals surface area (Å²) < 4.78 is 66.7. The van der Waals surface area contributed by atoms with Gasteiger partial charge in [0.15, 0.2) is 5.82 Å². The summed E-state index contributed by atoms with van der Waals surface area (Å²) in [6.45, 7) is 1.82. The predicted octanol–water partition coefficient (Wildman–Crippen LogP) is 6.09. The van der Waals surface area contributed by atoms with Gasteiger partial charge in [-0.05, 0) is 62.2 Å². The molecule has 44 heavy (non-hydrogen) atoms. The third kappa shape index (κ3) is 4.85. The van der Waals surface area contributed by atoms with E-state index >= 15 is 4.39 Å². The molecule has 4 aromatic rings. The second kappa shape index (κ2) is 11.1. The van der Waals surface area contributed by atoms with E-state index in [1.807, 2.05) is 0 Å². The molecule has 7 nitrogen and oxygen atoms in total. The van der Waals surface area contributed by atoms with E-state index in [2.05, 4.69) is 25.8 Å². The Balaban J connectivity index is 1.38. The summed E-state index contributed by atoms with van der Waals surface area (Å²) in [5.41, 5.74) is -0.809. The average Bonchev–Trinajstić information content (AvgIpc) is 3.43. The number of phenols is 1. The van der Waals surface area contributed by atoms with Gasteiger partial charge in [0.05, 0.1) is 23.0 Å². The van der Waals surface area contributed by atoms with Gasteiger partial charge in [-0.2, -0.15) is 9.97 Å². The van der Waals surface area contributed by atoms with Gasteiger partial charge in [-0.3, -0.25) is 9.88 Å². The Morgan fingerprint density at radius 2 is 1.93 bits per heavy atom. The van der Waals surface area contributed by atoms with Crippen molar-refractivity contribution >= 4 is 27.5 Å². The van der Waals surface area contributed by atoms with Crippen LogP contribution in [0, 0.1) is 24.0 Å². The molecule has 2 aromatic carbocycles. The van der Waals surface area contributed by atoms with Gasteiger partial charge in [0, 0.05) is 36.7 Å². The van der Waals surface area contributed by atoms with E-state index in [4.69, 9.17) is 11.2 Å². The fourth-order valence-electron chi connectivity index (χ4n) is 7.20. The number of terminal acetylenes is 1. The predicted molar refractivity (Wildman–Crippen MR) is 159 cm³/mol. The summed E-state index contributed by atoms with van der Waals surface area (Å²) >= 11 is 0. The second-order valence-corrected chi connectivity index (χ2v) is 12.1. The molecule has 0 saturated carbocycles. The minimum atomic E-state index is -1.09. The highest BCUT2D eigenvalue weighted by molar-refractivity contribution is 6.03. The molecule has 3 aliphatic heterocycles. The van der Waals surface area contributed by atoms with Crippen molar-refractivity contribution in [3.8, 4) is 35.4 Å². The van der Waals surface area contributed by atoms with Crippen LogP contribution < -0.4 is 9.64 Å². The van der Waals surface area contributed by atoms with Gasteiger partial charge in [-0.15, -0.1) is 6.42 Å². The molecule has 3 saturated heterocycles. The Morgan fingerprint density at radius 3 is 2.77 bits per heavy atom. The summed E-state index contributed by atoms with van der Waals surface area (Å²) in [4.78, 5) is 17.3. The molecule has 0 bridgehead atoms. The van der Waals surface area contributed by atoms with Crippen LogP contribution in [0.4, 0.5) is 23.4 Å². The van der Waals surface area contributed by atoms with E-state index in [9.17, 15) is 18.3 Å². The third-order valence-corrected chi connectivity index (χ3v) is 9.24. The number of anilines is 1. The molecule has 3 atom stereocenters. The van der Waals surface area contributed by atoms with E-state index in [1.54, 1.807) is 4.90 Å². The molecule has 1 N–H and O–H groups in total. The normalized spacial score (nSPS) is 24.0. The number of aromatic hydroxyl groups is 1. The molecule has 0 amide bonds. The quantitative estimate of drug-likeness (QED) is 0.218. The number of ether oxygens (including phenoxy) is 1. The summed E-state index contributed by atoms with van der Waals surface area (Å²) in [5.74, 6) is 0.920. The topological polar surface area (TPSA) is 74.6 Å². The van der Waals surface area contributed by atoms with Crippen molar-refractivity contribution in [1.29, 1.82) is 0 Å². The van der Waals surface area contributed by atoms with E-state index in [1.165, 1.54) is 30.5 Å². The highest BCUT2D eigenvalue weighted by Crippen LogP contribution is 2.42. The Labute approximate surface area is 251 Å². The van der Waals surface area contributed by atoms with Crippen molar-refractivity contribution in [3.63, 3.8) is 0 Å². The minimum Gasteiger partial charge on any atom is -0.508 e. The van der Waals surface area contributed by atoms with E-state index in [0.29, 0.717) is 43.6 Å². The van der Waals surface area contributed by atoms with Gasteiger partial charge in [0.1, 0.15) is 47.5 Å². The Kier molecular flexibility index (Phi) is 7.20. The zero-order valence-electron chi connectivity index (χ0n) is 24.0. The van der Waals surface area contributed by atoms with Crippen LogP contribution in [0.15, 0.2) is 30.5 Å². The van der Waals surface area contributed by atoms with E-state index < -0.39 is 29.5 Å². The monoisotopic (exact) mass is 605 g/mol. The minimum absolute atomic E-state index is 0.0676. The number of hydrogen-bond acceptors (Lipinski definition) is 7. The molecule has 3 fully saturated rings. The molecule has 2 aromatic heterocycles. The van der Waals surface area contributed by atoms with Crippen LogP contribution in [0.2, 0.25) is 0 Å². The second-order valence-electron chi connectivity index (χ2n) is 12.1. The summed E-state index contributed by atoms with van der Waals surface area (Å²) in [7, 11) is 0. The lowest BCUT2D eigenvalue weighted by Crippen LogP contribution is -2.43. The molecule has 0 spiro atoms. The van der Waals surface area contributed by atoms with Crippen LogP contribution in [-0.2, 0) is 0 Å². The number of hydrogen-bond donors (Lipinski definition) is 1. The van der Waals surface area contributed by atoms with Crippen molar-refractivity contribution in [3.05, 3.63) is 47.7 Å². The molecule has 0 radical (unpaired) electrons. The SMILES string of the molecule is C#Cc1c(F)ccc2cc(O)cc(-c3ncc4c(N5CCCCC(F)C5)nc(OC[C@@]56CCCN5C[C@H](F)C6)nc4c3F)c12. The van der Waals surface area contributed by atoms with Crippen LogP contribution in [0.25, 0.3) is 32.9 Å².